The summed E-state index contributed by atoms with van der Waals surface area (Å²) in [5.41, 5.74) is 2.48. The van der Waals surface area contributed by atoms with Gasteiger partial charge in [0.1, 0.15) is 12.6 Å². The molecule has 8 nitrogen and oxygen atoms in total. The molecule has 8 heteroatoms. The van der Waals surface area contributed by atoms with Gasteiger partial charge in [-0.15, -0.1) is 0 Å². The van der Waals surface area contributed by atoms with Crippen LogP contribution in [-0.2, 0) is 30.5 Å². The Morgan fingerprint density at radius 1 is 0.882 bits per heavy atom. The van der Waals surface area contributed by atoms with Crippen molar-refractivity contribution in [2.75, 3.05) is 13.2 Å². The van der Waals surface area contributed by atoms with Gasteiger partial charge in [0.2, 0.25) is 0 Å². The molecule has 174 valence electrons. The number of nitrogens with one attached hydrogen (secondary N) is 1. The number of hydroxylamine groups is 2. The highest BCUT2D eigenvalue weighted by Crippen LogP contribution is 2.26. The van der Waals surface area contributed by atoms with Crippen molar-refractivity contribution in [3.05, 3.63) is 108 Å². The molecule has 1 aliphatic heterocycles. The van der Waals surface area contributed by atoms with Gasteiger partial charge in [-0.3, -0.25) is 9.63 Å². The fraction of sp³-hybridized carbons (Fsp3) is 0.192. The molecule has 1 aliphatic rings. The van der Waals surface area contributed by atoms with E-state index in [0.29, 0.717) is 0 Å². The summed E-state index contributed by atoms with van der Waals surface area (Å²) in [5.74, 6) is -1.09. The lowest BCUT2D eigenvalue weighted by Gasteiger charge is -2.36. The van der Waals surface area contributed by atoms with Gasteiger partial charge in [0.15, 0.2) is 12.7 Å². The first-order chi connectivity index (χ1) is 16.6. The van der Waals surface area contributed by atoms with Gasteiger partial charge in [0, 0.05) is 0 Å². The summed E-state index contributed by atoms with van der Waals surface area (Å²) >= 11 is 0. The van der Waals surface area contributed by atoms with Crippen LogP contribution in [-0.4, -0.2) is 42.2 Å². The molecule has 0 bridgehead atoms. The Balaban J connectivity index is 1.22. The number of alkyl carbamates (subject to hydrolysis) is 1. The second-order valence-electron chi connectivity index (χ2n) is 7.62. The molecule has 2 amide bonds. The highest BCUT2D eigenvalue weighted by Gasteiger charge is 2.40. The van der Waals surface area contributed by atoms with E-state index in [2.05, 4.69) is 5.32 Å². The molecule has 3 aromatic carbocycles. The second kappa shape index (κ2) is 11.1. The van der Waals surface area contributed by atoms with Gasteiger partial charge >= 0.3 is 12.1 Å². The van der Waals surface area contributed by atoms with E-state index < -0.39 is 36.7 Å². The number of hydrogen-bond donors (Lipinski definition) is 1. The molecule has 0 aromatic heterocycles. The van der Waals surface area contributed by atoms with E-state index in [9.17, 15) is 14.4 Å². The Labute approximate surface area is 197 Å². The normalized spacial score (nSPS) is 14.9. The third-order valence-electron chi connectivity index (χ3n) is 5.19. The minimum Gasteiger partial charge on any atom is -0.451 e. The van der Waals surface area contributed by atoms with Crippen LogP contribution in [0, 0.1) is 0 Å². The third kappa shape index (κ3) is 5.99. The molecule has 1 fully saturated rings. The van der Waals surface area contributed by atoms with E-state index in [1.54, 1.807) is 0 Å². The van der Waals surface area contributed by atoms with E-state index in [1.807, 2.05) is 91.0 Å². The quantitative estimate of drug-likeness (QED) is 0.389. The van der Waals surface area contributed by atoms with Crippen molar-refractivity contribution < 1.29 is 28.7 Å². The van der Waals surface area contributed by atoms with Gasteiger partial charge in [-0.25, -0.2) is 14.7 Å². The monoisotopic (exact) mass is 460 g/mol. The Morgan fingerprint density at radius 3 is 2.00 bits per heavy atom. The average Bonchev–Trinajstić information content (AvgIpc) is 2.89. The van der Waals surface area contributed by atoms with Gasteiger partial charge < -0.3 is 14.8 Å². The lowest BCUT2D eigenvalue weighted by atomic mass is 10.0. The van der Waals surface area contributed by atoms with E-state index in [-0.39, 0.29) is 13.2 Å². The van der Waals surface area contributed by atoms with Gasteiger partial charge in [0.05, 0.1) is 6.54 Å². The molecule has 34 heavy (non-hydrogen) atoms. The summed E-state index contributed by atoms with van der Waals surface area (Å²) in [6.45, 7) is -0.232. The maximum atomic E-state index is 12.5. The van der Waals surface area contributed by atoms with Crippen molar-refractivity contribution >= 4 is 18.0 Å². The van der Waals surface area contributed by atoms with Crippen LogP contribution in [0.1, 0.15) is 22.8 Å². The van der Waals surface area contributed by atoms with E-state index >= 15 is 0 Å². The number of rotatable bonds is 9. The summed E-state index contributed by atoms with van der Waals surface area (Å²) in [5, 5.41) is 3.50. The number of hydrogen-bond acceptors (Lipinski definition) is 6. The van der Waals surface area contributed by atoms with Crippen molar-refractivity contribution in [2.24, 2.45) is 0 Å². The molecule has 0 spiro atoms. The van der Waals surface area contributed by atoms with E-state index in [1.165, 1.54) is 0 Å². The Kier molecular flexibility index (Phi) is 7.52. The minimum absolute atomic E-state index is 0.101. The third-order valence-corrected chi connectivity index (χ3v) is 5.19. The zero-order valence-electron chi connectivity index (χ0n) is 18.3. The number of nitrogens with zero attached hydrogens (tertiary/aromatic N) is 1. The van der Waals surface area contributed by atoms with Crippen LogP contribution in [0.3, 0.4) is 0 Å². The summed E-state index contributed by atoms with van der Waals surface area (Å²) in [7, 11) is 0. The lowest BCUT2D eigenvalue weighted by molar-refractivity contribution is -0.218. The Morgan fingerprint density at radius 2 is 1.44 bits per heavy atom. The zero-order valence-corrected chi connectivity index (χ0v) is 18.3. The molecule has 0 aliphatic carbocycles. The SMILES string of the molecule is O=C(CON1C[C@H](NC(=O)OCc2ccccc2)C1=O)OC(c1ccccc1)c1ccccc1. The van der Waals surface area contributed by atoms with Crippen LogP contribution in [0.2, 0.25) is 0 Å². The number of β-lactam (4-membered cyclic amide) rings is 1. The van der Waals surface area contributed by atoms with E-state index in [4.69, 9.17) is 14.3 Å². The van der Waals surface area contributed by atoms with Gasteiger partial charge in [-0.2, -0.15) is 0 Å². The largest absolute Gasteiger partial charge is 0.451 e. The fourth-order valence-corrected chi connectivity index (χ4v) is 3.41. The summed E-state index contributed by atoms with van der Waals surface area (Å²) in [6, 6.07) is 27.2. The predicted octanol–water partition coefficient (Wildman–Crippen LogP) is 3.39. The van der Waals surface area contributed by atoms with Crippen molar-refractivity contribution in [1.82, 2.24) is 10.4 Å². The predicted molar refractivity (Wildman–Crippen MR) is 122 cm³/mol. The lowest BCUT2D eigenvalue weighted by Crippen LogP contribution is -2.63. The average molecular weight is 460 g/mol. The smallest absolute Gasteiger partial charge is 0.408 e. The molecule has 0 saturated carbocycles. The zero-order chi connectivity index (χ0) is 23.8. The molecule has 1 N–H and O–H groups in total. The van der Waals surface area contributed by atoms with Crippen LogP contribution < -0.4 is 5.32 Å². The van der Waals surface area contributed by atoms with Gasteiger partial charge in [0.25, 0.3) is 5.91 Å². The topological polar surface area (TPSA) is 94.2 Å². The first kappa shape index (κ1) is 23.0. The molecular formula is C26H24N2O6. The van der Waals surface area contributed by atoms with Crippen molar-refractivity contribution in [3.63, 3.8) is 0 Å². The standard InChI is InChI=1S/C26H24N2O6/c29-23(34-24(20-12-6-2-7-13-20)21-14-8-3-9-15-21)18-33-28-16-22(25(28)30)27-26(31)32-17-19-10-4-1-5-11-19/h1-15,22,24H,16-18H2,(H,27,31)/t22-/m0/s1. The molecule has 0 radical (unpaired) electrons. The maximum Gasteiger partial charge on any atom is 0.408 e. The molecular weight excluding hydrogens is 436 g/mol. The summed E-state index contributed by atoms with van der Waals surface area (Å²) in [6.07, 6.45) is -1.30. The Bertz CT molecular complexity index is 1070. The molecule has 1 saturated heterocycles. The molecule has 4 rings (SSSR count). The number of carbonyl (C=O) groups is 3. The first-order valence-corrected chi connectivity index (χ1v) is 10.8. The fourth-order valence-electron chi connectivity index (χ4n) is 3.41. The number of esters is 1. The van der Waals surface area contributed by atoms with Crippen molar-refractivity contribution in [1.29, 1.82) is 0 Å². The molecule has 1 heterocycles. The summed E-state index contributed by atoms with van der Waals surface area (Å²) in [4.78, 5) is 41.9. The van der Waals surface area contributed by atoms with Crippen LogP contribution in [0.25, 0.3) is 0 Å². The van der Waals surface area contributed by atoms with Crippen molar-refractivity contribution in [2.45, 2.75) is 18.8 Å². The number of benzene rings is 3. The van der Waals surface area contributed by atoms with E-state index in [0.717, 1.165) is 21.8 Å². The minimum atomic E-state index is -0.763. The molecule has 0 unspecified atom stereocenters. The highest BCUT2D eigenvalue weighted by molar-refractivity contribution is 5.90. The number of carbonyl (C=O) groups excluding carboxylic acids is 3. The first-order valence-electron chi connectivity index (χ1n) is 10.8. The van der Waals surface area contributed by atoms with Crippen LogP contribution in [0.5, 0.6) is 0 Å². The Hall–Kier alpha value is -4.17. The molecule has 3 aromatic rings. The molecule has 1 atom stereocenters. The second-order valence-corrected chi connectivity index (χ2v) is 7.62. The van der Waals surface area contributed by atoms with Crippen molar-refractivity contribution in [3.8, 4) is 0 Å². The maximum absolute atomic E-state index is 12.5. The van der Waals surface area contributed by atoms with Crippen LogP contribution in [0.15, 0.2) is 91.0 Å². The number of amides is 2. The highest BCUT2D eigenvalue weighted by atomic mass is 16.7. The summed E-state index contributed by atoms with van der Waals surface area (Å²) < 4.78 is 10.8. The van der Waals surface area contributed by atoms with Gasteiger partial charge in [-0.05, 0) is 16.7 Å². The van der Waals surface area contributed by atoms with Crippen LogP contribution in [0.4, 0.5) is 4.79 Å². The number of ether oxygens (including phenoxy) is 2. The van der Waals surface area contributed by atoms with Crippen LogP contribution >= 0.6 is 0 Å². The van der Waals surface area contributed by atoms with Gasteiger partial charge in [-0.1, -0.05) is 91.0 Å².